The van der Waals surface area contributed by atoms with E-state index in [1.54, 1.807) is 6.07 Å². The van der Waals surface area contributed by atoms with E-state index < -0.39 is 25.4 Å². The van der Waals surface area contributed by atoms with Gasteiger partial charge in [0, 0.05) is 12.1 Å². The van der Waals surface area contributed by atoms with E-state index in [-0.39, 0.29) is 12.3 Å². The number of rotatable bonds is 7. The molecular weight excluding hydrogens is 248 g/mol. The molecular formula is C13H20N2O4. The molecule has 0 fully saturated rings. The minimum Gasteiger partial charge on any atom is -0.399 e. The Kier molecular flexibility index (Phi) is 5.75. The highest BCUT2D eigenvalue weighted by Gasteiger charge is 2.29. The molecule has 0 saturated carbocycles. The predicted octanol–water partition coefficient (Wildman–Crippen LogP) is -0.967. The van der Waals surface area contributed by atoms with E-state index in [4.69, 9.17) is 21.1 Å². The number of aliphatic hydroxyl groups excluding tert-OH is 3. The summed E-state index contributed by atoms with van der Waals surface area (Å²) in [6.07, 6.45) is 0.618. The molecule has 6 N–H and O–H groups in total. The molecule has 1 amide bonds. The molecule has 19 heavy (non-hydrogen) atoms. The van der Waals surface area contributed by atoms with E-state index in [1.165, 1.54) is 0 Å². The maximum Gasteiger partial charge on any atom is 0.220 e. The van der Waals surface area contributed by atoms with Gasteiger partial charge in [-0.25, -0.2) is 0 Å². The van der Waals surface area contributed by atoms with Crippen molar-refractivity contribution in [1.82, 2.24) is 5.32 Å². The van der Waals surface area contributed by atoms with Gasteiger partial charge in [0.15, 0.2) is 0 Å². The molecule has 1 aromatic rings. The minimum absolute atomic E-state index is 0.163. The van der Waals surface area contributed by atoms with E-state index in [1.807, 2.05) is 18.2 Å². The molecule has 0 saturated heterocycles. The number of carbonyl (C=O) groups excluding carboxylic acids is 1. The molecule has 0 aliphatic rings. The van der Waals surface area contributed by atoms with Crippen molar-refractivity contribution in [2.45, 2.75) is 18.4 Å². The van der Waals surface area contributed by atoms with Crippen LogP contribution in [-0.2, 0) is 11.2 Å². The second kappa shape index (κ2) is 7.08. The number of aliphatic hydroxyl groups is 3. The second-order valence-electron chi connectivity index (χ2n) is 4.50. The lowest BCUT2D eigenvalue weighted by Crippen LogP contribution is -2.57. The van der Waals surface area contributed by atoms with E-state index in [0.717, 1.165) is 5.56 Å². The van der Waals surface area contributed by atoms with Crippen LogP contribution in [0.2, 0.25) is 0 Å². The Hall–Kier alpha value is -1.63. The fourth-order valence-electron chi connectivity index (χ4n) is 1.64. The summed E-state index contributed by atoms with van der Waals surface area (Å²) in [4.78, 5) is 11.7. The number of benzene rings is 1. The number of aryl methyl sites for hydroxylation is 1. The van der Waals surface area contributed by atoms with Crippen LogP contribution in [0.1, 0.15) is 12.0 Å². The molecule has 1 aromatic carbocycles. The van der Waals surface area contributed by atoms with Gasteiger partial charge < -0.3 is 26.4 Å². The van der Waals surface area contributed by atoms with Crippen LogP contribution in [0.3, 0.4) is 0 Å². The smallest absolute Gasteiger partial charge is 0.220 e. The van der Waals surface area contributed by atoms with E-state index in [9.17, 15) is 4.79 Å². The van der Waals surface area contributed by atoms with Gasteiger partial charge in [0.2, 0.25) is 5.91 Å². The predicted molar refractivity (Wildman–Crippen MR) is 71.3 cm³/mol. The van der Waals surface area contributed by atoms with Crippen LogP contribution < -0.4 is 11.1 Å². The number of hydrogen-bond acceptors (Lipinski definition) is 5. The molecule has 0 aliphatic carbocycles. The maximum atomic E-state index is 11.7. The molecule has 0 aliphatic heterocycles. The van der Waals surface area contributed by atoms with Crippen LogP contribution in [0.15, 0.2) is 24.3 Å². The van der Waals surface area contributed by atoms with Gasteiger partial charge in [0.1, 0.15) is 5.54 Å². The third-order valence-corrected chi connectivity index (χ3v) is 2.99. The number of hydrogen-bond donors (Lipinski definition) is 5. The number of carbonyl (C=O) groups is 1. The van der Waals surface area contributed by atoms with E-state index in [0.29, 0.717) is 12.1 Å². The zero-order chi connectivity index (χ0) is 14.3. The molecule has 0 heterocycles. The summed E-state index contributed by atoms with van der Waals surface area (Å²) >= 11 is 0. The molecule has 1 rings (SSSR count). The molecule has 0 bridgehead atoms. The SMILES string of the molecule is Nc1ccccc1CCC(=O)NC(CO)(CO)CO. The van der Waals surface area contributed by atoms with E-state index in [2.05, 4.69) is 5.32 Å². The Morgan fingerprint density at radius 2 is 1.74 bits per heavy atom. The van der Waals surface area contributed by atoms with Crippen molar-refractivity contribution in [1.29, 1.82) is 0 Å². The summed E-state index contributed by atoms with van der Waals surface area (Å²) in [6, 6.07) is 7.24. The standard InChI is InChI=1S/C13H20N2O4/c14-11-4-2-1-3-10(11)5-6-12(19)15-13(7-16,8-17)9-18/h1-4,16-18H,5-9,14H2,(H,15,19). The zero-order valence-corrected chi connectivity index (χ0v) is 10.7. The highest BCUT2D eigenvalue weighted by molar-refractivity contribution is 5.77. The van der Waals surface area contributed by atoms with Crippen molar-refractivity contribution in [3.63, 3.8) is 0 Å². The summed E-state index contributed by atoms with van der Waals surface area (Å²) < 4.78 is 0. The van der Waals surface area contributed by atoms with Crippen molar-refractivity contribution in [3.05, 3.63) is 29.8 Å². The summed E-state index contributed by atoms with van der Waals surface area (Å²) in [5, 5.41) is 29.7. The Bertz CT molecular complexity index is 411. The third-order valence-electron chi connectivity index (χ3n) is 2.99. The van der Waals surface area contributed by atoms with Gasteiger partial charge in [0.05, 0.1) is 19.8 Å². The summed E-state index contributed by atoms with van der Waals surface area (Å²) in [5.74, 6) is -0.361. The molecule has 106 valence electrons. The molecule has 6 heteroatoms. The Labute approximate surface area is 111 Å². The van der Waals surface area contributed by atoms with Crippen molar-refractivity contribution in [2.75, 3.05) is 25.6 Å². The average molecular weight is 268 g/mol. The van der Waals surface area contributed by atoms with Crippen LogP contribution in [0, 0.1) is 0 Å². The number of nitrogens with one attached hydrogen (secondary N) is 1. The first-order valence-corrected chi connectivity index (χ1v) is 6.04. The van der Waals surface area contributed by atoms with Crippen LogP contribution in [0.4, 0.5) is 5.69 Å². The zero-order valence-electron chi connectivity index (χ0n) is 10.7. The molecule has 6 nitrogen and oxygen atoms in total. The van der Waals surface area contributed by atoms with Gasteiger partial charge >= 0.3 is 0 Å². The first-order valence-electron chi connectivity index (χ1n) is 6.04. The van der Waals surface area contributed by atoms with Crippen LogP contribution in [0.25, 0.3) is 0 Å². The summed E-state index contributed by atoms with van der Waals surface area (Å²) in [6.45, 7) is -1.59. The van der Waals surface area contributed by atoms with Crippen molar-refractivity contribution < 1.29 is 20.1 Å². The minimum atomic E-state index is -1.38. The normalized spacial score (nSPS) is 11.3. The highest BCUT2D eigenvalue weighted by Crippen LogP contribution is 2.13. The van der Waals surface area contributed by atoms with Crippen LogP contribution in [0.5, 0.6) is 0 Å². The quantitative estimate of drug-likeness (QED) is 0.408. The lowest BCUT2D eigenvalue weighted by molar-refractivity contribution is -0.125. The first kappa shape index (κ1) is 15.4. The lowest BCUT2D eigenvalue weighted by atomic mass is 10.0. The highest BCUT2D eigenvalue weighted by atomic mass is 16.3. The first-order chi connectivity index (χ1) is 9.06. The van der Waals surface area contributed by atoms with Crippen molar-refractivity contribution in [2.24, 2.45) is 0 Å². The number of para-hydroxylation sites is 1. The average Bonchev–Trinajstić information content (AvgIpc) is 2.44. The third kappa shape index (κ3) is 4.20. The Morgan fingerprint density at radius 3 is 2.26 bits per heavy atom. The van der Waals surface area contributed by atoms with Crippen molar-refractivity contribution >= 4 is 11.6 Å². The lowest BCUT2D eigenvalue weighted by Gasteiger charge is -2.28. The molecule has 0 aromatic heterocycles. The Morgan fingerprint density at radius 1 is 1.16 bits per heavy atom. The topological polar surface area (TPSA) is 116 Å². The van der Waals surface area contributed by atoms with E-state index >= 15 is 0 Å². The molecule has 0 unspecified atom stereocenters. The van der Waals surface area contributed by atoms with Gasteiger partial charge in [-0.15, -0.1) is 0 Å². The fraction of sp³-hybridized carbons (Fsp3) is 0.462. The second-order valence-corrected chi connectivity index (χ2v) is 4.50. The van der Waals surface area contributed by atoms with Gasteiger partial charge in [-0.3, -0.25) is 4.79 Å². The summed E-state index contributed by atoms with van der Waals surface area (Å²) in [5.41, 5.74) is 5.87. The van der Waals surface area contributed by atoms with Crippen molar-refractivity contribution in [3.8, 4) is 0 Å². The number of amides is 1. The van der Waals surface area contributed by atoms with Crippen LogP contribution >= 0.6 is 0 Å². The summed E-state index contributed by atoms with van der Waals surface area (Å²) in [7, 11) is 0. The monoisotopic (exact) mass is 268 g/mol. The fourth-order valence-corrected chi connectivity index (χ4v) is 1.64. The molecule has 0 spiro atoms. The molecule has 0 atom stereocenters. The maximum absolute atomic E-state index is 11.7. The number of anilines is 1. The van der Waals surface area contributed by atoms with Gasteiger partial charge in [-0.2, -0.15) is 0 Å². The van der Waals surface area contributed by atoms with Gasteiger partial charge in [-0.1, -0.05) is 18.2 Å². The van der Waals surface area contributed by atoms with Crippen LogP contribution in [-0.4, -0.2) is 46.6 Å². The number of nitrogen functional groups attached to an aromatic ring is 1. The van der Waals surface area contributed by atoms with Gasteiger partial charge in [-0.05, 0) is 18.1 Å². The van der Waals surface area contributed by atoms with Gasteiger partial charge in [0.25, 0.3) is 0 Å². The molecule has 0 radical (unpaired) electrons. The Balaban J connectivity index is 2.54. The largest absolute Gasteiger partial charge is 0.399 e. The number of nitrogens with two attached hydrogens (primary N) is 1.